The first-order valence-corrected chi connectivity index (χ1v) is 10.1. The van der Waals surface area contributed by atoms with Gasteiger partial charge in [0.15, 0.2) is 0 Å². The summed E-state index contributed by atoms with van der Waals surface area (Å²) in [6, 6.07) is 0. The summed E-state index contributed by atoms with van der Waals surface area (Å²) in [6.07, 6.45) is 18.0. The zero-order valence-corrected chi connectivity index (χ0v) is 17.6. The second-order valence-electron chi connectivity index (χ2n) is 6.10. The Labute approximate surface area is 155 Å². The summed E-state index contributed by atoms with van der Waals surface area (Å²) < 4.78 is 12.0. The molecule has 0 amide bonds. The molecule has 0 aliphatic heterocycles. The standard InChI is InChI=1S/3C5H9N2.CH4O3P/c3*1-6-3-4-7(2)5-6;1-5(2,3)4/h3*3-5H,1-2H3;5H,1H3/q3*+1;-3. The molecular formula is C16H31N6O3P. The van der Waals surface area contributed by atoms with Gasteiger partial charge in [0.05, 0.1) is 42.3 Å². The van der Waals surface area contributed by atoms with Crippen molar-refractivity contribution >= 4 is 7.94 Å². The van der Waals surface area contributed by atoms with E-state index in [9.17, 15) is 0 Å². The predicted octanol–water partition coefficient (Wildman–Crippen LogP) is -3.26. The second kappa shape index (κ2) is 11.5. The number of nitrogens with zero attached hydrogens (tertiary/aromatic N) is 6. The molecule has 0 radical (unpaired) electrons. The molecule has 10 heteroatoms. The summed E-state index contributed by atoms with van der Waals surface area (Å²) >= 11 is 0. The van der Waals surface area contributed by atoms with Crippen molar-refractivity contribution in [1.82, 2.24) is 13.7 Å². The van der Waals surface area contributed by atoms with Gasteiger partial charge in [-0.1, -0.05) is 0 Å². The molecule has 0 fully saturated rings. The van der Waals surface area contributed by atoms with E-state index >= 15 is 0 Å². The maximum absolute atomic E-state index is 9.13. The summed E-state index contributed by atoms with van der Waals surface area (Å²) in [4.78, 5) is 27.4. The van der Waals surface area contributed by atoms with Crippen molar-refractivity contribution in [3.8, 4) is 0 Å². The molecule has 3 heterocycles. The fourth-order valence-corrected chi connectivity index (χ4v) is 1.72. The first-order chi connectivity index (χ1) is 11.9. The minimum Gasteiger partial charge on any atom is -0.240 e. The third-order valence-corrected chi connectivity index (χ3v) is 2.70. The molecule has 9 nitrogen and oxygen atoms in total. The zero-order valence-electron chi connectivity index (χ0n) is 16.6. The second-order valence-corrected chi connectivity index (χ2v) is 7.82. The number of aromatic nitrogens is 6. The molecule has 148 valence electrons. The van der Waals surface area contributed by atoms with Gasteiger partial charge in [0.2, 0.25) is 19.0 Å². The third-order valence-electron chi connectivity index (χ3n) is 2.70. The third kappa shape index (κ3) is 15.5. The van der Waals surface area contributed by atoms with Gasteiger partial charge >= 0.3 is 29.3 Å². The van der Waals surface area contributed by atoms with E-state index in [1.165, 1.54) is 0 Å². The van der Waals surface area contributed by atoms with Crippen LogP contribution in [0.15, 0.2) is 56.2 Å². The normalized spacial score (nSPS) is 10.5. The average molecular weight is 386 g/mol. The fourth-order valence-electron chi connectivity index (χ4n) is 1.72. The maximum atomic E-state index is 9.13. The van der Waals surface area contributed by atoms with E-state index in [4.69, 9.17) is 14.7 Å². The van der Waals surface area contributed by atoms with Crippen LogP contribution in [0.25, 0.3) is 0 Å². The van der Waals surface area contributed by atoms with E-state index in [2.05, 4.69) is 0 Å². The van der Waals surface area contributed by atoms with Crippen LogP contribution in [0.2, 0.25) is 0 Å². The molecular weight excluding hydrogens is 355 g/mol. The van der Waals surface area contributed by atoms with Crippen molar-refractivity contribution < 1.29 is 28.4 Å². The first-order valence-electron chi connectivity index (χ1n) is 7.89. The molecule has 3 rings (SSSR count). The Morgan fingerprint density at radius 3 is 0.846 bits per heavy atom. The Morgan fingerprint density at radius 2 is 0.808 bits per heavy atom. The van der Waals surface area contributed by atoms with Crippen LogP contribution >= 0.6 is 7.94 Å². The molecule has 26 heavy (non-hydrogen) atoms. The van der Waals surface area contributed by atoms with Gasteiger partial charge in [-0.3, -0.25) is 0 Å². The van der Waals surface area contributed by atoms with Crippen LogP contribution < -0.4 is 28.4 Å². The number of aryl methyl sites for hydroxylation is 6. The van der Waals surface area contributed by atoms with Gasteiger partial charge in [-0.05, 0) is 0 Å². The zero-order chi connectivity index (χ0) is 20.3. The summed E-state index contributed by atoms with van der Waals surface area (Å²) in [6.45, 7) is 0.660. The van der Waals surface area contributed by atoms with E-state index in [1.54, 1.807) is 0 Å². The van der Waals surface area contributed by atoms with E-state index in [1.807, 2.05) is 126 Å². The summed E-state index contributed by atoms with van der Waals surface area (Å²) in [5.74, 6) is 0. The van der Waals surface area contributed by atoms with E-state index in [-0.39, 0.29) is 0 Å². The van der Waals surface area contributed by atoms with Crippen LogP contribution in [0.4, 0.5) is 0 Å². The number of hydrogen-bond donors (Lipinski definition) is 0. The molecule has 0 aliphatic rings. The molecule has 0 bridgehead atoms. The van der Waals surface area contributed by atoms with Crippen molar-refractivity contribution in [2.45, 2.75) is 0 Å². The summed E-state index contributed by atoms with van der Waals surface area (Å²) in [5.41, 5.74) is 0. The summed E-state index contributed by atoms with van der Waals surface area (Å²) in [5, 5.41) is 0. The Hall–Kier alpha value is -2.06. The Kier molecular flexibility index (Phi) is 10.6. The van der Waals surface area contributed by atoms with E-state index < -0.39 is 7.94 Å². The molecule has 0 saturated carbocycles. The Morgan fingerprint density at radius 1 is 0.615 bits per heavy atom. The van der Waals surface area contributed by atoms with Crippen molar-refractivity contribution in [2.24, 2.45) is 42.3 Å². The monoisotopic (exact) mass is 386 g/mol. The van der Waals surface area contributed by atoms with Crippen molar-refractivity contribution in [3.05, 3.63) is 56.2 Å². The smallest absolute Gasteiger partial charge is 0.240 e. The van der Waals surface area contributed by atoms with Gasteiger partial charge in [0, 0.05) is 0 Å². The van der Waals surface area contributed by atoms with Crippen molar-refractivity contribution in [1.29, 1.82) is 0 Å². The molecule has 0 saturated heterocycles. The fraction of sp³-hybridized carbons (Fsp3) is 0.438. The van der Waals surface area contributed by atoms with Gasteiger partial charge in [-0.15, -0.1) is 0 Å². The molecule has 0 N–H and O–H groups in total. The quantitative estimate of drug-likeness (QED) is 0.300. The molecule has 3 aromatic heterocycles. The largest absolute Gasteiger partial charge is 0.243 e. The van der Waals surface area contributed by atoms with Gasteiger partial charge in [-0.2, -0.15) is 0 Å². The Bertz CT molecular complexity index is 599. The van der Waals surface area contributed by atoms with Crippen LogP contribution in [-0.4, -0.2) is 20.4 Å². The van der Waals surface area contributed by atoms with Gasteiger partial charge < -0.3 is 0 Å². The molecule has 0 spiro atoms. The SMILES string of the molecule is C[PH]([O-])([O-])[O-].Cn1cc[n+](C)c1.Cn1cc[n+](C)c1.Cn1cc[n+](C)c1. The molecule has 0 unspecified atom stereocenters. The van der Waals surface area contributed by atoms with Crippen LogP contribution in [-0.2, 0) is 42.3 Å². The predicted molar refractivity (Wildman–Crippen MR) is 94.0 cm³/mol. The van der Waals surface area contributed by atoms with Crippen molar-refractivity contribution in [2.75, 3.05) is 6.66 Å². The molecule has 3 aromatic rings. The van der Waals surface area contributed by atoms with Gasteiger partial charge in [0.25, 0.3) is 0 Å². The topological polar surface area (TPSA) is 95.6 Å². The molecule has 0 aromatic carbocycles. The average Bonchev–Trinajstić information content (AvgIpc) is 3.14. The number of rotatable bonds is 0. The minimum absolute atomic E-state index is 0.660. The van der Waals surface area contributed by atoms with Crippen LogP contribution in [0.1, 0.15) is 0 Å². The summed E-state index contributed by atoms with van der Waals surface area (Å²) in [7, 11) is 7.64. The minimum atomic E-state index is -4.36. The molecule has 0 atom stereocenters. The van der Waals surface area contributed by atoms with E-state index in [0.29, 0.717) is 6.66 Å². The number of imidazole rings is 3. The number of hydrogen-bond acceptors (Lipinski definition) is 3. The van der Waals surface area contributed by atoms with Crippen molar-refractivity contribution in [3.63, 3.8) is 0 Å². The first kappa shape index (κ1) is 23.9. The van der Waals surface area contributed by atoms with Gasteiger partial charge in [-0.25, -0.2) is 27.4 Å². The Balaban J connectivity index is 0.000000324. The van der Waals surface area contributed by atoms with Crippen LogP contribution in [0, 0.1) is 0 Å². The molecule has 0 aliphatic carbocycles. The van der Waals surface area contributed by atoms with Crippen LogP contribution in [0.5, 0.6) is 0 Å². The van der Waals surface area contributed by atoms with Gasteiger partial charge in [0.1, 0.15) is 37.2 Å². The maximum Gasteiger partial charge on any atom is 0.243 e. The van der Waals surface area contributed by atoms with E-state index in [0.717, 1.165) is 0 Å². The van der Waals surface area contributed by atoms with Crippen LogP contribution in [0.3, 0.4) is 0 Å².